The van der Waals surface area contributed by atoms with Crippen LogP contribution >= 0.6 is 0 Å². The summed E-state index contributed by atoms with van der Waals surface area (Å²) >= 11 is 0. The number of nitrogens with one attached hydrogen (secondary N) is 2. The fourth-order valence-corrected chi connectivity index (χ4v) is 2.74. The van der Waals surface area contributed by atoms with Crippen molar-refractivity contribution in [1.82, 2.24) is 5.32 Å². The summed E-state index contributed by atoms with van der Waals surface area (Å²) in [6.07, 6.45) is 2.20. The molecule has 7 heteroatoms. The van der Waals surface area contributed by atoms with Gasteiger partial charge in [0.05, 0.1) is 11.8 Å². The van der Waals surface area contributed by atoms with Gasteiger partial charge in [-0.05, 0) is 43.2 Å². The molecule has 130 valence electrons. The highest BCUT2D eigenvalue weighted by Gasteiger charge is 2.22. The largest absolute Gasteiger partial charge is 0.461 e. The van der Waals surface area contributed by atoms with Crippen LogP contribution in [0, 0.1) is 5.82 Å². The zero-order valence-electron chi connectivity index (χ0n) is 13.6. The van der Waals surface area contributed by atoms with Gasteiger partial charge in [0.15, 0.2) is 11.5 Å². The fourth-order valence-electron chi connectivity index (χ4n) is 2.74. The lowest BCUT2D eigenvalue weighted by Crippen LogP contribution is -2.35. The van der Waals surface area contributed by atoms with Crippen LogP contribution in [0.15, 0.2) is 34.9 Å². The van der Waals surface area contributed by atoms with E-state index in [1.165, 1.54) is 12.3 Å². The van der Waals surface area contributed by atoms with E-state index in [1.54, 1.807) is 19.1 Å². The molecule has 0 fully saturated rings. The van der Waals surface area contributed by atoms with E-state index >= 15 is 0 Å². The predicted molar refractivity (Wildman–Crippen MR) is 87.9 cm³/mol. The molecule has 1 aliphatic heterocycles. The number of amides is 2. The van der Waals surface area contributed by atoms with E-state index in [2.05, 4.69) is 10.6 Å². The molecular weight excluding hydrogens is 327 g/mol. The highest BCUT2D eigenvalue weighted by atomic mass is 19.1. The van der Waals surface area contributed by atoms with E-state index in [9.17, 15) is 18.8 Å². The maximum Gasteiger partial charge on any atom is 0.254 e. The van der Waals surface area contributed by atoms with E-state index in [4.69, 9.17) is 4.42 Å². The Bertz CT molecular complexity index is 830. The Hall–Kier alpha value is -2.96. The molecule has 0 spiro atoms. The lowest BCUT2D eigenvalue weighted by Gasteiger charge is -2.19. The quantitative estimate of drug-likeness (QED) is 0.816. The molecule has 1 aromatic carbocycles. The molecular formula is C18H17FN2O4. The number of ketones is 1. The number of hydrogen-bond acceptors (Lipinski definition) is 4. The van der Waals surface area contributed by atoms with Crippen LogP contribution < -0.4 is 10.6 Å². The van der Waals surface area contributed by atoms with Crippen molar-refractivity contribution in [2.75, 3.05) is 5.32 Å². The van der Waals surface area contributed by atoms with Gasteiger partial charge in [-0.3, -0.25) is 14.4 Å². The van der Waals surface area contributed by atoms with Gasteiger partial charge in [-0.25, -0.2) is 4.39 Å². The lowest BCUT2D eigenvalue weighted by atomic mass is 9.99. The smallest absolute Gasteiger partial charge is 0.254 e. The van der Waals surface area contributed by atoms with Crippen LogP contribution in [-0.2, 0) is 11.2 Å². The van der Waals surface area contributed by atoms with Crippen molar-refractivity contribution in [2.24, 2.45) is 0 Å². The van der Waals surface area contributed by atoms with Crippen LogP contribution in [0.2, 0.25) is 0 Å². The molecule has 2 heterocycles. The van der Waals surface area contributed by atoms with E-state index in [1.807, 2.05) is 0 Å². The molecule has 0 bridgehead atoms. The summed E-state index contributed by atoms with van der Waals surface area (Å²) < 4.78 is 19.2. The summed E-state index contributed by atoms with van der Waals surface area (Å²) in [4.78, 5) is 35.6. The van der Waals surface area contributed by atoms with Gasteiger partial charge in [-0.2, -0.15) is 0 Å². The maximum absolute atomic E-state index is 14.2. The summed E-state index contributed by atoms with van der Waals surface area (Å²) in [7, 11) is 0. The third kappa shape index (κ3) is 3.76. The molecule has 1 unspecified atom stereocenters. The zero-order chi connectivity index (χ0) is 18.0. The summed E-state index contributed by atoms with van der Waals surface area (Å²) in [5.41, 5.74) is 1.00. The molecule has 1 aliphatic rings. The van der Waals surface area contributed by atoms with E-state index in [0.29, 0.717) is 24.1 Å². The van der Waals surface area contributed by atoms with Crippen LogP contribution in [0.4, 0.5) is 10.1 Å². The first-order valence-corrected chi connectivity index (χ1v) is 7.94. The second-order valence-electron chi connectivity index (χ2n) is 6.02. The Morgan fingerprint density at radius 1 is 1.36 bits per heavy atom. The number of rotatable bonds is 5. The van der Waals surface area contributed by atoms with Crippen molar-refractivity contribution in [3.05, 3.63) is 53.2 Å². The summed E-state index contributed by atoms with van der Waals surface area (Å²) in [5, 5.41) is 5.20. The third-order valence-corrected chi connectivity index (χ3v) is 4.00. The van der Waals surface area contributed by atoms with Gasteiger partial charge in [-0.15, -0.1) is 0 Å². The second kappa shape index (κ2) is 6.88. The van der Waals surface area contributed by atoms with E-state index in [-0.39, 0.29) is 29.4 Å². The minimum Gasteiger partial charge on any atom is -0.461 e. The Labute approximate surface area is 143 Å². The number of halogens is 1. The number of anilines is 1. The number of carbonyl (C=O) groups is 3. The number of Topliss-reactive ketones (excluding diaryl/α,β-unsaturated/α-hetero) is 1. The molecule has 1 atom stereocenters. The van der Waals surface area contributed by atoms with Gasteiger partial charge < -0.3 is 15.1 Å². The lowest BCUT2D eigenvalue weighted by molar-refractivity contribution is -0.116. The molecule has 0 saturated heterocycles. The summed E-state index contributed by atoms with van der Waals surface area (Å²) in [5.74, 6) is -1.52. The van der Waals surface area contributed by atoms with Gasteiger partial charge in [-0.1, -0.05) is 0 Å². The monoisotopic (exact) mass is 344 g/mol. The molecule has 6 nitrogen and oxygen atoms in total. The van der Waals surface area contributed by atoms with Crippen LogP contribution in [0.5, 0.6) is 0 Å². The Balaban J connectivity index is 1.68. The number of hydrogen-bond donors (Lipinski definition) is 2. The molecule has 25 heavy (non-hydrogen) atoms. The fraction of sp³-hybridized carbons (Fsp3) is 0.278. The van der Waals surface area contributed by atoms with Crippen molar-refractivity contribution in [3.63, 3.8) is 0 Å². The Morgan fingerprint density at radius 3 is 2.88 bits per heavy atom. The van der Waals surface area contributed by atoms with Crippen LogP contribution in [0.3, 0.4) is 0 Å². The molecule has 1 aromatic heterocycles. The van der Waals surface area contributed by atoms with Gasteiger partial charge in [0.2, 0.25) is 5.91 Å². The average Bonchev–Trinajstić information content (AvgIpc) is 3.08. The number of carbonyl (C=O) groups excluding carboxylic acids is 3. The van der Waals surface area contributed by atoms with E-state index < -0.39 is 17.8 Å². The zero-order valence-corrected chi connectivity index (χ0v) is 13.6. The van der Waals surface area contributed by atoms with Gasteiger partial charge >= 0.3 is 0 Å². The minimum absolute atomic E-state index is 0.0435. The van der Waals surface area contributed by atoms with Crippen molar-refractivity contribution < 1.29 is 23.2 Å². The van der Waals surface area contributed by atoms with Crippen LogP contribution in [-0.4, -0.2) is 23.6 Å². The summed E-state index contributed by atoms with van der Waals surface area (Å²) in [6.45, 7) is 1.66. The van der Waals surface area contributed by atoms with Gasteiger partial charge in [0, 0.05) is 24.6 Å². The molecule has 2 aromatic rings. The minimum atomic E-state index is -0.719. The first-order chi connectivity index (χ1) is 11.9. The average molecular weight is 344 g/mol. The second-order valence-corrected chi connectivity index (χ2v) is 6.02. The molecule has 2 N–H and O–H groups in total. The molecule has 2 amide bonds. The van der Waals surface area contributed by atoms with Gasteiger partial charge in [0.25, 0.3) is 5.91 Å². The topological polar surface area (TPSA) is 88.4 Å². The highest BCUT2D eigenvalue weighted by Crippen LogP contribution is 2.26. The maximum atomic E-state index is 14.2. The van der Waals surface area contributed by atoms with Crippen LogP contribution in [0.1, 0.15) is 46.2 Å². The molecule has 0 aliphatic carbocycles. The number of furan rings is 1. The van der Waals surface area contributed by atoms with Crippen molar-refractivity contribution in [2.45, 2.75) is 32.2 Å². The molecule has 3 rings (SSSR count). The van der Waals surface area contributed by atoms with Crippen LogP contribution in [0.25, 0.3) is 0 Å². The molecule has 0 saturated carbocycles. The molecule has 0 radical (unpaired) electrons. The first kappa shape index (κ1) is 16.9. The SMILES string of the molecule is CC(CC(=O)c1ccco1)NC(=O)c1cc2c(cc1F)NC(=O)CC2. The number of fused-ring (bicyclic) bond motifs is 1. The van der Waals surface area contributed by atoms with Crippen molar-refractivity contribution in [3.8, 4) is 0 Å². The van der Waals surface area contributed by atoms with Gasteiger partial charge in [0.1, 0.15) is 5.82 Å². The predicted octanol–water partition coefficient (Wildman–Crippen LogP) is 2.69. The number of aryl methyl sites for hydroxylation is 1. The number of benzene rings is 1. The van der Waals surface area contributed by atoms with Crippen molar-refractivity contribution >= 4 is 23.3 Å². The Morgan fingerprint density at radius 2 is 2.16 bits per heavy atom. The Kier molecular flexibility index (Phi) is 4.65. The highest BCUT2D eigenvalue weighted by molar-refractivity contribution is 5.99. The summed E-state index contributed by atoms with van der Waals surface area (Å²) in [6, 6.07) is 5.27. The van der Waals surface area contributed by atoms with E-state index in [0.717, 1.165) is 6.07 Å². The third-order valence-electron chi connectivity index (χ3n) is 4.00. The normalized spacial score (nSPS) is 14.4. The van der Waals surface area contributed by atoms with Crippen molar-refractivity contribution in [1.29, 1.82) is 0 Å². The standard InChI is InChI=1S/C18H17FN2O4/c1-10(7-15(22)16-3-2-6-25-16)20-18(24)12-8-11-4-5-17(23)21-14(11)9-13(12)19/h2-3,6,8-10H,4-5,7H2,1H3,(H,20,24)(H,21,23). The first-order valence-electron chi connectivity index (χ1n) is 7.94.